The highest BCUT2D eigenvalue weighted by molar-refractivity contribution is 6.02. The summed E-state index contributed by atoms with van der Waals surface area (Å²) in [5.74, 6) is -0.0495. The van der Waals surface area contributed by atoms with Crippen LogP contribution in [0.5, 0.6) is 0 Å². The van der Waals surface area contributed by atoms with Crippen molar-refractivity contribution in [1.29, 1.82) is 0 Å². The van der Waals surface area contributed by atoms with Gasteiger partial charge in [-0.15, -0.1) is 0 Å². The quantitative estimate of drug-likeness (QED) is 0.712. The van der Waals surface area contributed by atoms with Gasteiger partial charge in [-0.1, -0.05) is 6.07 Å². The highest BCUT2D eigenvalue weighted by atomic mass is 16.5. The van der Waals surface area contributed by atoms with Gasteiger partial charge in [0.15, 0.2) is 0 Å². The molecule has 1 N–H and O–H groups in total. The summed E-state index contributed by atoms with van der Waals surface area (Å²) in [5.41, 5.74) is 3.35. The molecule has 0 bridgehead atoms. The zero-order valence-corrected chi connectivity index (χ0v) is 16.5. The van der Waals surface area contributed by atoms with Gasteiger partial charge in [-0.25, -0.2) is 4.98 Å². The van der Waals surface area contributed by atoms with Crippen molar-refractivity contribution in [2.75, 3.05) is 39.4 Å². The molecule has 148 valence electrons. The summed E-state index contributed by atoms with van der Waals surface area (Å²) >= 11 is 0. The minimum Gasteiger partial charge on any atom is -0.379 e. The maximum Gasteiger partial charge on any atom is 0.253 e. The van der Waals surface area contributed by atoms with Gasteiger partial charge in [-0.05, 0) is 32.0 Å². The summed E-state index contributed by atoms with van der Waals surface area (Å²) in [7, 11) is 0. The lowest BCUT2D eigenvalue weighted by atomic mass is 10.2. The normalized spacial score (nSPS) is 15.4. The Morgan fingerprint density at radius 1 is 1.29 bits per heavy atom. The number of hydrogen-bond acceptors (Lipinski definition) is 4. The molecule has 28 heavy (non-hydrogen) atoms. The van der Waals surface area contributed by atoms with Crippen molar-refractivity contribution < 1.29 is 9.53 Å². The Hall–Kier alpha value is -2.64. The summed E-state index contributed by atoms with van der Waals surface area (Å²) < 4.78 is 9.47. The maximum atomic E-state index is 12.9. The smallest absolute Gasteiger partial charge is 0.253 e. The number of carbonyl (C=O) groups excluding carboxylic acids is 1. The number of carbonyl (C=O) groups is 1. The van der Waals surface area contributed by atoms with Gasteiger partial charge >= 0.3 is 0 Å². The molecule has 3 aromatic rings. The number of nitrogens with zero attached hydrogens (tertiary/aromatic N) is 4. The van der Waals surface area contributed by atoms with Crippen LogP contribution in [0.3, 0.4) is 0 Å². The van der Waals surface area contributed by atoms with Crippen molar-refractivity contribution in [1.82, 2.24) is 24.2 Å². The van der Waals surface area contributed by atoms with E-state index in [0.717, 1.165) is 49.8 Å². The molecule has 0 atom stereocenters. The molecule has 1 aliphatic rings. The number of rotatable bonds is 6. The van der Waals surface area contributed by atoms with Crippen LogP contribution < -0.4 is 5.32 Å². The highest BCUT2D eigenvalue weighted by Crippen LogP contribution is 2.25. The second-order valence-electron chi connectivity index (χ2n) is 7.41. The van der Waals surface area contributed by atoms with Crippen LogP contribution in [0.15, 0.2) is 43.0 Å². The third kappa shape index (κ3) is 3.81. The Kier molecular flexibility index (Phi) is 5.45. The molecule has 1 saturated heterocycles. The van der Waals surface area contributed by atoms with E-state index >= 15 is 0 Å². The van der Waals surface area contributed by atoms with Crippen molar-refractivity contribution in [3.8, 4) is 11.4 Å². The predicted molar refractivity (Wildman–Crippen MR) is 109 cm³/mol. The second-order valence-corrected chi connectivity index (χ2v) is 7.41. The summed E-state index contributed by atoms with van der Waals surface area (Å²) in [6.45, 7) is 9.09. The van der Waals surface area contributed by atoms with E-state index in [-0.39, 0.29) is 5.91 Å². The van der Waals surface area contributed by atoms with Gasteiger partial charge in [0.2, 0.25) is 0 Å². The molecule has 3 aromatic heterocycles. The second kappa shape index (κ2) is 8.16. The monoisotopic (exact) mass is 381 g/mol. The number of pyridine rings is 1. The van der Waals surface area contributed by atoms with Gasteiger partial charge in [-0.3, -0.25) is 9.69 Å². The molecule has 7 heteroatoms. The molecular weight excluding hydrogens is 354 g/mol. The maximum absolute atomic E-state index is 12.9. The fraction of sp³-hybridized carbons (Fsp3) is 0.429. The van der Waals surface area contributed by atoms with E-state index in [1.54, 1.807) is 0 Å². The van der Waals surface area contributed by atoms with Crippen LogP contribution in [0.4, 0.5) is 0 Å². The van der Waals surface area contributed by atoms with E-state index in [4.69, 9.17) is 4.74 Å². The third-order valence-corrected chi connectivity index (χ3v) is 5.20. The molecular formula is C21H27N5O2. The van der Waals surface area contributed by atoms with E-state index in [1.165, 1.54) is 0 Å². The summed E-state index contributed by atoms with van der Waals surface area (Å²) in [5, 5.41) is 3.07. The van der Waals surface area contributed by atoms with Crippen LogP contribution in [0.1, 0.15) is 30.2 Å². The number of hydrogen-bond donors (Lipinski definition) is 1. The van der Waals surface area contributed by atoms with Gasteiger partial charge in [0, 0.05) is 44.6 Å². The Labute approximate surface area is 164 Å². The highest BCUT2D eigenvalue weighted by Gasteiger charge is 2.18. The van der Waals surface area contributed by atoms with E-state index in [2.05, 4.69) is 33.6 Å². The summed E-state index contributed by atoms with van der Waals surface area (Å²) in [6.07, 6.45) is 5.84. The first-order valence-electron chi connectivity index (χ1n) is 9.85. The topological polar surface area (TPSA) is 63.8 Å². The summed E-state index contributed by atoms with van der Waals surface area (Å²) in [4.78, 5) is 19.7. The van der Waals surface area contributed by atoms with Crippen molar-refractivity contribution in [2.24, 2.45) is 0 Å². The Balaban J connectivity index is 1.54. The van der Waals surface area contributed by atoms with Gasteiger partial charge in [0.1, 0.15) is 5.69 Å². The van der Waals surface area contributed by atoms with Gasteiger partial charge in [0.05, 0.1) is 36.3 Å². The van der Waals surface area contributed by atoms with E-state index in [0.29, 0.717) is 18.2 Å². The standard InChI is InChI=1S/C21H27N5O2/c1-16(2)25-14-18(23-15-25)20-13-17(19-5-3-4-7-26(19)20)21(27)22-6-8-24-9-11-28-12-10-24/h3-5,7,13-16H,6,8-12H2,1-2H3,(H,22,27). The number of fused-ring (bicyclic) bond motifs is 1. The number of nitrogens with one attached hydrogen (secondary N) is 1. The fourth-order valence-electron chi connectivity index (χ4n) is 3.53. The molecule has 4 heterocycles. The molecule has 1 aliphatic heterocycles. The van der Waals surface area contributed by atoms with Gasteiger partial charge in [0.25, 0.3) is 5.91 Å². The lowest BCUT2D eigenvalue weighted by Gasteiger charge is -2.26. The number of morpholine rings is 1. The molecule has 1 fully saturated rings. The molecule has 7 nitrogen and oxygen atoms in total. The average Bonchev–Trinajstić information content (AvgIpc) is 3.34. The SMILES string of the molecule is CC(C)n1cnc(-c2cc(C(=O)NCCN3CCOCC3)c3ccccn23)c1. The van der Waals surface area contributed by atoms with Crippen LogP contribution in [0.25, 0.3) is 16.9 Å². The number of imidazole rings is 1. The first-order chi connectivity index (χ1) is 13.6. The van der Waals surface area contributed by atoms with E-state index < -0.39 is 0 Å². The van der Waals surface area contributed by atoms with E-state index in [1.807, 2.05) is 47.4 Å². The molecule has 0 saturated carbocycles. The Bertz CT molecular complexity index is 953. The molecule has 0 unspecified atom stereocenters. The lowest BCUT2D eigenvalue weighted by Crippen LogP contribution is -2.41. The van der Waals surface area contributed by atoms with Gasteiger partial charge < -0.3 is 19.0 Å². The Morgan fingerprint density at radius 3 is 2.86 bits per heavy atom. The average molecular weight is 381 g/mol. The minimum atomic E-state index is -0.0495. The van der Waals surface area contributed by atoms with Crippen LogP contribution in [0.2, 0.25) is 0 Å². The van der Waals surface area contributed by atoms with Crippen molar-refractivity contribution >= 4 is 11.4 Å². The zero-order valence-electron chi connectivity index (χ0n) is 16.5. The van der Waals surface area contributed by atoms with Gasteiger partial charge in [-0.2, -0.15) is 0 Å². The molecule has 1 amide bonds. The molecule has 0 aromatic carbocycles. The van der Waals surface area contributed by atoms with Crippen molar-refractivity contribution in [3.05, 3.63) is 48.5 Å². The summed E-state index contributed by atoms with van der Waals surface area (Å²) in [6, 6.07) is 8.17. The number of aromatic nitrogens is 3. The zero-order chi connectivity index (χ0) is 19.5. The first kappa shape index (κ1) is 18.7. The minimum absolute atomic E-state index is 0.0495. The number of ether oxygens (including phenoxy) is 1. The number of amides is 1. The largest absolute Gasteiger partial charge is 0.379 e. The fourth-order valence-corrected chi connectivity index (χ4v) is 3.53. The molecule has 4 rings (SSSR count). The first-order valence-corrected chi connectivity index (χ1v) is 9.85. The lowest BCUT2D eigenvalue weighted by molar-refractivity contribution is 0.0383. The predicted octanol–water partition coefficient (Wildman–Crippen LogP) is 2.45. The molecule has 0 spiro atoms. The Morgan fingerprint density at radius 2 is 2.11 bits per heavy atom. The van der Waals surface area contributed by atoms with Crippen LogP contribution in [0, 0.1) is 0 Å². The molecule has 0 radical (unpaired) electrons. The van der Waals surface area contributed by atoms with Crippen LogP contribution in [-0.4, -0.2) is 64.2 Å². The van der Waals surface area contributed by atoms with E-state index in [9.17, 15) is 4.79 Å². The van der Waals surface area contributed by atoms with Crippen molar-refractivity contribution in [2.45, 2.75) is 19.9 Å². The molecule has 0 aliphatic carbocycles. The van der Waals surface area contributed by atoms with Crippen LogP contribution >= 0.6 is 0 Å². The van der Waals surface area contributed by atoms with Crippen LogP contribution in [-0.2, 0) is 4.74 Å². The third-order valence-electron chi connectivity index (χ3n) is 5.20. The van der Waals surface area contributed by atoms with Crippen molar-refractivity contribution in [3.63, 3.8) is 0 Å².